The number of hydrogen-bond donors (Lipinski definition) is 2. The number of hydrogen-bond acceptors (Lipinski definition) is 6. The molecule has 0 saturated carbocycles. The number of aromatic nitrogens is 4. The zero-order valence-corrected chi connectivity index (χ0v) is 13.8. The number of furan rings is 1. The van der Waals surface area contributed by atoms with Gasteiger partial charge in [0.25, 0.3) is 5.91 Å². The third-order valence-electron chi connectivity index (χ3n) is 3.19. The van der Waals surface area contributed by atoms with E-state index >= 15 is 0 Å². The summed E-state index contributed by atoms with van der Waals surface area (Å²) in [4.78, 5) is 22.5. The predicted octanol–water partition coefficient (Wildman–Crippen LogP) is 2.11. The van der Waals surface area contributed by atoms with Gasteiger partial charge in [0.1, 0.15) is 16.8 Å². The van der Waals surface area contributed by atoms with Crippen molar-refractivity contribution < 1.29 is 9.21 Å². The molecule has 0 spiro atoms. The van der Waals surface area contributed by atoms with Crippen molar-refractivity contribution in [2.24, 2.45) is 0 Å². The van der Waals surface area contributed by atoms with Crippen molar-refractivity contribution in [3.05, 3.63) is 47.1 Å². The summed E-state index contributed by atoms with van der Waals surface area (Å²) in [6, 6.07) is 6.68. The van der Waals surface area contributed by atoms with Gasteiger partial charge >= 0.3 is 0 Å². The number of pyridine rings is 1. The van der Waals surface area contributed by atoms with Crippen LogP contribution in [0.5, 0.6) is 0 Å². The third-order valence-corrected chi connectivity index (χ3v) is 3.38. The molecule has 3 aromatic rings. The predicted molar refractivity (Wildman–Crippen MR) is 88.8 cm³/mol. The molecule has 0 bridgehead atoms. The average Bonchev–Trinajstić information content (AvgIpc) is 3.23. The van der Waals surface area contributed by atoms with E-state index in [4.69, 9.17) is 16.0 Å². The molecule has 0 fully saturated rings. The zero-order valence-electron chi connectivity index (χ0n) is 13.1. The van der Waals surface area contributed by atoms with E-state index in [-0.39, 0.29) is 17.6 Å². The van der Waals surface area contributed by atoms with Crippen molar-refractivity contribution in [3.8, 4) is 11.6 Å². The highest BCUT2D eigenvalue weighted by Gasteiger charge is 2.12. The van der Waals surface area contributed by atoms with Crippen LogP contribution in [0.2, 0.25) is 5.15 Å². The maximum atomic E-state index is 12.3. The Balaban J connectivity index is 1.68. The van der Waals surface area contributed by atoms with Gasteiger partial charge in [-0.25, -0.2) is 9.97 Å². The highest BCUT2D eigenvalue weighted by molar-refractivity contribution is 6.29. The van der Waals surface area contributed by atoms with Gasteiger partial charge in [0, 0.05) is 19.7 Å². The van der Waals surface area contributed by atoms with Crippen molar-refractivity contribution in [2.45, 2.75) is 6.54 Å². The molecule has 0 aliphatic heterocycles. The lowest BCUT2D eigenvalue weighted by Crippen LogP contribution is -2.24. The Morgan fingerprint density at radius 1 is 1.38 bits per heavy atom. The minimum absolute atomic E-state index is 0.198. The second-order valence-corrected chi connectivity index (χ2v) is 5.58. The van der Waals surface area contributed by atoms with Gasteiger partial charge in [-0.2, -0.15) is 0 Å². The molecule has 0 radical (unpaired) electrons. The number of anilines is 1. The summed E-state index contributed by atoms with van der Waals surface area (Å²) in [5.74, 6) is 1.83. The summed E-state index contributed by atoms with van der Waals surface area (Å²) < 4.78 is 5.22. The molecule has 124 valence electrons. The van der Waals surface area contributed by atoms with Gasteiger partial charge in [0.2, 0.25) is 5.82 Å². The number of nitrogens with one attached hydrogen (secondary N) is 2. The second-order valence-electron chi connectivity index (χ2n) is 5.20. The minimum atomic E-state index is -0.279. The molecule has 2 N–H and O–H groups in total. The van der Waals surface area contributed by atoms with Crippen molar-refractivity contribution >= 4 is 23.3 Å². The third kappa shape index (κ3) is 3.54. The molecule has 3 heterocycles. The quantitative estimate of drug-likeness (QED) is 0.686. The molecular weight excluding hydrogens is 332 g/mol. The van der Waals surface area contributed by atoms with Crippen molar-refractivity contribution in [1.29, 1.82) is 0 Å². The van der Waals surface area contributed by atoms with Gasteiger partial charge in [-0.15, -0.1) is 5.10 Å². The molecule has 0 saturated heterocycles. The number of rotatable bonds is 5. The molecule has 9 heteroatoms. The number of carbonyl (C=O) groups excluding carboxylic acids is 1. The largest absolute Gasteiger partial charge is 0.461 e. The van der Waals surface area contributed by atoms with E-state index in [0.717, 1.165) is 0 Å². The van der Waals surface area contributed by atoms with Gasteiger partial charge in [0.05, 0.1) is 12.8 Å². The molecule has 0 aliphatic carbocycles. The van der Waals surface area contributed by atoms with E-state index in [1.54, 1.807) is 29.4 Å². The van der Waals surface area contributed by atoms with E-state index in [0.29, 0.717) is 28.8 Å². The number of carbonyl (C=O) groups is 1. The Morgan fingerprint density at radius 3 is 2.92 bits per heavy atom. The number of nitrogens with zero attached hydrogens (tertiary/aromatic N) is 4. The molecule has 0 atom stereocenters. The van der Waals surface area contributed by atoms with E-state index in [2.05, 4.69) is 25.5 Å². The van der Waals surface area contributed by atoms with Gasteiger partial charge in [-0.3, -0.25) is 9.89 Å². The number of H-pyrrole nitrogens is 1. The summed E-state index contributed by atoms with van der Waals surface area (Å²) in [5.41, 5.74) is 0.421. The van der Waals surface area contributed by atoms with Crippen molar-refractivity contribution in [2.75, 3.05) is 19.0 Å². The molecule has 0 unspecified atom stereocenters. The van der Waals surface area contributed by atoms with Gasteiger partial charge in [-0.1, -0.05) is 11.6 Å². The molecule has 0 aliphatic rings. The lowest BCUT2D eigenvalue weighted by molar-refractivity contribution is 0.0950. The topological polar surface area (TPSA) is 99.9 Å². The maximum Gasteiger partial charge on any atom is 0.251 e. The summed E-state index contributed by atoms with van der Waals surface area (Å²) in [5, 5.41) is 9.82. The van der Waals surface area contributed by atoms with Crippen LogP contribution in [0.25, 0.3) is 11.6 Å². The number of amides is 1. The van der Waals surface area contributed by atoms with E-state index in [1.165, 1.54) is 6.07 Å². The first-order valence-electron chi connectivity index (χ1n) is 7.11. The fraction of sp³-hybridized carbons (Fsp3) is 0.200. The van der Waals surface area contributed by atoms with Crippen LogP contribution in [0.1, 0.15) is 16.2 Å². The standard InChI is InChI=1S/C15H15ClN6O2/c1-22(2)13-7-9(6-11(16)18-13)15(23)17-8-12-19-14(21-20-12)10-4-3-5-24-10/h3-7H,8H2,1-2H3,(H,17,23)(H,19,20,21). The first kappa shape index (κ1) is 16.0. The lowest BCUT2D eigenvalue weighted by atomic mass is 10.2. The van der Waals surface area contributed by atoms with Crippen LogP contribution in [0, 0.1) is 0 Å². The summed E-state index contributed by atoms with van der Waals surface area (Å²) in [6.07, 6.45) is 1.54. The van der Waals surface area contributed by atoms with Crippen LogP contribution in [0.15, 0.2) is 34.9 Å². The molecule has 1 amide bonds. The van der Waals surface area contributed by atoms with E-state index in [1.807, 2.05) is 14.1 Å². The Morgan fingerprint density at radius 2 is 2.21 bits per heavy atom. The van der Waals surface area contributed by atoms with Gasteiger partial charge < -0.3 is 14.6 Å². The van der Waals surface area contributed by atoms with Crippen molar-refractivity contribution in [1.82, 2.24) is 25.5 Å². The van der Waals surface area contributed by atoms with E-state index < -0.39 is 0 Å². The first-order valence-corrected chi connectivity index (χ1v) is 7.49. The van der Waals surface area contributed by atoms with Crippen LogP contribution in [-0.4, -0.2) is 40.2 Å². The van der Waals surface area contributed by atoms with Crippen LogP contribution < -0.4 is 10.2 Å². The lowest BCUT2D eigenvalue weighted by Gasteiger charge is -2.12. The number of aromatic amines is 1. The summed E-state index contributed by atoms with van der Waals surface area (Å²) in [7, 11) is 3.65. The van der Waals surface area contributed by atoms with Crippen LogP contribution in [0.4, 0.5) is 5.82 Å². The van der Waals surface area contributed by atoms with Crippen LogP contribution in [0.3, 0.4) is 0 Å². The van der Waals surface area contributed by atoms with Crippen molar-refractivity contribution in [3.63, 3.8) is 0 Å². The van der Waals surface area contributed by atoms with Gasteiger partial charge in [-0.05, 0) is 24.3 Å². The second kappa shape index (κ2) is 6.71. The van der Waals surface area contributed by atoms with Crippen LogP contribution in [-0.2, 0) is 6.54 Å². The molecule has 3 rings (SSSR count). The Kier molecular flexibility index (Phi) is 4.48. The zero-order chi connectivity index (χ0) is 17.1. The smallest absolute Gasteiger partial charge is 0.251 e. The average molecular weight is 347 g/mol. The maximum absolute atomic E-state index is 12.3. The minimum Gasteiger partial charge on any atom is -0.461 e. The molecular formula is C15H15ClN6O2. The van der Waals surface area contributed by atoms with Crippen LogP contribution >= 0.6 is 11.6 Å². The Labute approximate surface area is 142 Å². The molecule has 8 nitrogen and oxygen atoms in total. The monoisotopic (exact) mass is 346 g/mol. The Bertz CT molecular complexity index is 844. The molecule has 0 aromatic carbocycles. The highest BCUT2D eigenvalue weighted by atomic mass is 35.5. The number of halogens is 1. The summed E-state index contributed by atoms with van der Waals surface area (Å²) in [6.45, 7) is 0.198. The SMILES string of the molecule is CN(C)c1cc(C(=O)NCc2nc(-c3ccco3)n[nH]2)cc(Cl)n1. The fourth-order valence-corrected chi connectivity index (χ4v) is 2.20. The molecule has 24 heavy (non-hydrogen) atoms. The highest BCUT2D eigenvalue weighted by Crippen LogP contribution is 2.17. The fourth-order valence-electron chi connectivity index (χ4n) is 2.00. The summed E-state index contributed by atoms with van der Waals surface area (Å²) >= 11 is 5.96. The normalized spacial score (nSPS) is 10.6. The molecule has 3 aromatic heterocycles. The van der Waals surface area contributed by atoms with Gasteiger partial charge in [0.15, 0.2) is 5.76 Å². The van der Waals surface area contributed by atoms with E-state index in [9.17, 15) is 4.79 Å². The Hall–Kier alpha value is -2.87. The first-order chi connectivity index (χ1) is 11.5.